The molecule has 24 atom stereocenters. The number of ether oxygens (including phenoxy) is 5. The van der Waals surface area contributed by atoms with Gasteiger partial charge in [-0.05, 0) is 224 Å². The molecule has 620 valence electrons. The minimum atomic E-state index is -0.642. The maximum Gasteiger partial charge on any atom is 0.307 e. The largest absolute Gasteiger partial charge is 0.481 e. The first-order valence-corrected chi connectivity index (χ1v) is 42.3. The van der Waals surface area contributed by atoms with Crippen LogP contribution in [0.5, 0.6) is 0 Å². The SMILES string of the molecule is CC(C)NC(=O)c1ncn[nH]1.CN[C@@](C)(CO[C@H]1[C@H](OC(C)=O)C[C@@]23COC[C@]1(C)[C@@H]2CC[C@H]1C3=CC[C@@]2(C)[C@H](C(=O)O)[C@@](C)([C@H](C)C(C)C)CC[C@]12C)C(C)C.CN[C@@](C)(CO[C@H]1[C@H](n2ncnc2C(=O)NC(C)C)C[C@@]23COC[C@]1(C)[C@@H]2CC[C@H]1C3=CC[C@@]2(C)[C@H](C(=O)O)[C@@](C)([C@H](C)C(C)C)CC[C@]12C)C(C)C. The lowest BCUT2D eigenvalue weighted by atomic mass is 9.34. The molecule has 8 fully saturated rings. The fourth-order valence-corrected chi connectivity index (χ4v) is 25.5. The number of carbonyl (C=O) groups excluding carboxylic acids is 3. The van der Waals surface area contributed by atoms with Crippen LogP contribution in [0.25, 0.3) is 0 Å². The Hall–Kier alpha value is -5.13. The number of aromatic amines is 1. The van der Waals surface area contributed by atoms with E-state index in [-0.39, 0.29) is 132 Å². The van der Waals surface area contributed by atoms with Gasteiger partial charge in [-0.15, -0.1) is 0 Å². The summed E-state index contributed by atoms with van der Waals surface area (Å²) >= 11 is 0. The van der Waals surface area contributed by atoms with Crippen molar-refractivity contribution in [3.63, 3.8) is 0 Å². The smallest absolute Gasteiger partial charge is 0.307 e. The maximum atomic E-state index is 13.7. The molecule has 2 saturated heterocycles. The van der Waals surface area contributed by atoms with Gasteiger partial charge in [0.15, 0.2) is 0 Å². The number of H-pyrrole nitrogens is 1. The molecule has 0 aromatic carbocycles. The second-order valence-corrected chi connectivity index (χ2v) is 41.0. The predicted octanol–water partition coefficient (Wildman–Crippen LogP) is 15.0. The van der Waals surface area contributed by atoms with E-state index in [1.807, 2.05) is 46.5 Å². The topological polar surface area (TPSA) is 292 Å². The number of carbonyl (C=O) groups is 5. The zero-order valence-electron chi connectivity index (χ0n) is 72.6. The Kier molecular flexibility index (Phi) is 25.0. The number of nitrogens with one attached hydrogen (secondary N) is 5. The molecule has 2 aromatic heterocycles. The van der Waals surface area contributed by atoms with E-state index in [9.17, 15) is 34.2 Å². The molecule has 12 rings (SSSR count). The molecule has 0 unspecified atom stereocenters. The molecule has 4 heterocycles. The van der Waals surface area contributed by atoms with Crippen LogP contribution in [0.3, 0.4) is 0 Å². The molecule has 2 aliphatic heterocycles. The summed E-state index contributed by atoms with van der Waals surface area (Å²) in [5.41, 5.74) is -0.444. The highest BCUT2D eigenvalue weighted by molar-refractivity contribution is 5.91. The fourth-order valence-electron chi connectivity index (χ4n) is 25.5. The van der Waals surface area contributed by atoms with Crippen LogP contribution in [0.2, 0.25) is 0 Å². The second-order valence-electron chi connectivity index (χ2n) is 41.0. The lowest BCUT2D eigenvalue weighted by Gasteiger charge is -2.71. The van der Waals surface area contributed by atoms with Gasteiger partial charge in [0, 0.05) is 51.7 Å². The third-order valence-corrected chi connectivity index (χ3v) is 33.9. The molecule has 4 bridgehead atoms. The van der Waals surface area contributed by atoms with Gasteiger partial charge in [-0.3, -0.25) is 29.1 Å². The van der Waals surface area contributed by atoms with Gasteiger partial charge in [-0.25, -0.2) is 14.6 Å². The average Bonchev–Trinajstić information content (AvgIpc) is 0.693. The van der Waals surface area contributed by atoms with Crippen molar-refractivity contribution in [2.45, 2.75) is 298 Å². The molecule has 110 heavy (non-hydrogen) atoms. The molecule has 6 saturated carbocycles. The van der Waals surface area contributed by atoms with E-state index in [0.717, 1.165) is 70.6 Å². The van der Waals surface area contributed by atoms with E-state index < -0.39 is 29.2 Å². The van der Waals surface area contributed by atoms with E-state index in [2.05, 4.69) is 192 Å². The maximum absolute atomic E-state index is 13.7. The molecule has 8 aliphatic carbocycles. The first kappa shape index (κ1) is 87.3. The number of aliphatic carboxylic acids is 2. The van der Waals surface area contributed by atoms with Crippen LogP contribution in [0.1, 0.15) is 277 Å². The Labute approximate surface area is 659 Å². The van der Waals surface area contributed by atoms with Crippen molar-refractivity contribution in [2.75, 3.05) is 53.7 Å². The number of amides is 2. The summed E-state index contributed by atoms with van der Waals surface area (Å²) in [6.45, 7) is 58.1. The monoisotopic (exact) mass is 1540 g/mol. The molecule has 0 spiro atoms. The normalized spacial score (nSPS) is 39.9. The van der Waals surface area contributed by atoms with Crippen LogP contribution in [-0.2, 0) is 38.1 Å². The summed E-state index contributed by atoms with van der Waals surface area (Å²) in [6.07, 6.45) is 17.8. The average molecular weight is 1540 g/mol. The Morgan fingerprint density at radius 2 is 1.02 bits per heavy atom. The third-order valence-electron chi connectivity index (χ3n) is 33.9. The van der Waals surface area contributed by atoms with Crippen LogP contribution in [0, 0.1) is 125 Å². The van der Waals surface area contributed by atoms with Gasteiger partial charge in [0.05, 0.1) is 63.6 Å². The summed E-state index contributed by atoms with van der Waals surface area (Å²) in [6, 6.07) is -0.177. The van der Waals surface area contributed by atoms with Crippen molar-refractivity contribution in [2.24, 2.45) is 125 Å². The van der Waals surface area contributed by atoms with Crippen LogP contribution < -0.4 is 21.3 Å². The van der Waals surface area contributed by atoms with Crippen molar-refractivity contribution in [3.05, 3.63) is 47.6 Å². The second kappa shape index (κ2) is 31.5. The van der Waals surface area contributed by atoms with Gasteiger partial charge in [0.2, 0.25) is 11.6 Å². The Morgan fingerprint density at radius 3 is 1.42 bits per heavy atom. The standard InChI is InChI=1S/C43H71N5O5.C39H65NO6.C6H10N4O/c1-25(2)28(7)38(8)18-19-40(10)29-14-15-32-39(9)21-52-23-43(32,30(29)16-17-41(40,11)33(38)37(50)51)20-31(34(39)53-22-42(12,44-13)26(3)4)48-35(45-24-46-48)36(49)47-27(5)6;1-23(2)25(5)34(7)17-18-36(9)27-13-14-30-35(8)20-44-22-39(30,28(27)15-16-37(36,10)31(34)33(42)43)19-29(46-26(6)41)32(35)45-21-38(11,40-12)24(3)4;1-4(2)9-6(11)5-7-3-8-10-5/h16,24-29,31-34,44H,14-15,17-23H2,1-13H3,(H,47,49)(H,50,51);15,23-25,27,29-32,40H,13-14,16-22H2,1-12H3,(H,42,43);3-4H,1-2H3,(H,9,11)(H,7,8,10)/t28-,29+,31-,32+,33-,34+,38-,39-,40-,41+,42+,43+;25-,27+,29-,30+,31-,32+,34-,35-,36-,37+,38+,39+;/m11./s1. The highest BCUT2D eigenvalue weighted by Crippen LogP contribution is 2.78. The van der Waals surface area contributed by atoms with E-state index in [1.54, 1.807) is 0 Å². The number of hydrogen-bond donors (Lipinski definition) is 7. The van der Waals surface area contributed by atoms with Crippen molar-refractivity contribution in [1.29, 1.82) is 0 Å². The van der Waals surface area contributed by atoms with Gasteiger partial charge in [0.25, 0.3) is 11.8 Å². The van der Waals surface area contributed by atoms with Gasteiger partial charge in [-0.1, -0.05) is 148 Å². The summed E-state index contributed by atoms with van der Waals surface area (Å²) in [5.74, 6) is 0.980. The van der Waals surface area contributed by atoms with Crippen molar-refractivity contribution < 1.29 is 57.9 Å². The molecular weight excluding hydrogens is 1390 g/mol. The van der Waals surface area contributed by atoms with E-state index in [0.29, 0.717) is 99.2 Å². The summed E-state index contributed by atoms with van der Waals surface area (Å²) in [7, 11) is 3.99. The number of allylic oxidation sites excluding steroid dienone is 2. The van der Waals surface area contributed by atoms with Crippen molar-refractivity contribution in [1.82, 2.24) is 51.2 Å². The van der Waals surface area contributed by atoms with Crippen LogP contribution in [-0.4, -0.2) is 165 Å². The van der Waals surface area contributed by atoms with Gasteiger partial charge in [-0.2, -0.15) is 10.2 Å². The summed E-state index contributed by atoms with van der Waals surface area (Å²) < 4.78 is 35.6. The highest BCUT2D eigenvalue weighted by atomic mass is 16.6. The number of likely N-dealkylation sites (N-methyl/N-ethyl adjacent to an activating group) is 2. The molecule has 10 aliphatic rings. The minimum Gasteiger partial charge on any atom is -0.481 e. The van der Waals surface area contributed by atoms with Crippen LogP contribution >= 0.6 is 0 Å². The summed E-state index contributed by atoms with van der Waals surface area (Å²) in [4.78, 5) is 72.5. The number of esters is 1. The zero-order chi connectivity index (χ0) is 81.6. The number of hydrogen-bond acceptors (Lipinski definition) is 16. The number of carboxylic acids is 2. The van der Waals surface area contributed by atoms with Crippen LogP contribution in [0.4, 0.5) is 0 Å². The highest BCUT2D eigenvalue weighted by Gasteiger charge is 2.75. The minimum absolute atomic E-state index is 0.0428. The lowest BCUT2D eigenvalue weighted by molar-refractivity contribution is -0.269. The Bertz CT molecular complexity index is 3710. The zero-order valence-corrected chi connectivity index (χ0v) is 72.6. The lowest BCUT2D eigenvalue weighted by Crippen LogP contribution is -2.70. The predicted molar refractivity (Wildman–Crippen MR) is 427 cm³/mol. The fraction of sp³-hybridized carbons (Fsp3) is 0.852. The molecule has 22 nitrogen and oxygen atoms in total. The molecule has 7 N–H and O–H groups in total. The quantitative estimate of drug-likeness (QED) is 0.0426. The van der Waals surface area contributed by atoms with Crippen LogP contribution in [0.15, 0.2) is 36.0 Å². The van der Waals surface area contributed by atoms with Crippen molar-refractivity contribution in [3.8, 4) is 0 Å². The Balaban J connectivity index is 0.000000207. The van der Waals surface area contributed by atoms with Crippen molar-refractivity contribution >= 4 is 29.7 Å². The van der Waals surface area contributed by atoms with Gasteiger partial charge >= 0.3 is 17.9 Å². The number of aromatic nitrogens is 6. The van der Waals surface area contributed by atoms with Gasteiger partial charge in [0.1, 0.15) is 24.9 Å². The van der Waals surface area contributed by atoms with E-state index in [1.165, 1.54) is 30.7 Å². The molecular formula is C88H146N10O12. The number of nitrogens with zero attached hydrogens (tertiary/aromatic N) is 5. The number of fused-ring (bicyclic) bond motifs is 6. The summed E-state index contributed by atoms with van der Waals surface area (Å²) in [5, 5.41) is 45.7. The first-order chi connectivity index (χ1) is 51.1. The third kappa shape index (κ3) is 14.2. The van der Waals surface area contributed by atoms with Gasteiger partial charge < -0.3 is 55.2 Å². The number of rotatable bonds is 22. The molecule has 2 amide bonds. The number of carboxylic acid groups (broad SMARTS) is 2. The first-order valence-electron chi connectivity index (χ1n) is 42.3. The van der Waals surface area contributed by atoms with E-state index in [4.69, 9.17) is 28.8 Å². The molecule has 0 radical (unpaired) electrons. The molecule has 2 aromatic rings. The Morgan fingerprint density at radius 1 is 0.582 bits per heavy atom. The van der Waals surface area contributed by atoms with E-state index >= 15 is 0 Å². The molecule has 22 heteroatoms.